The fourth-order valence-corrected chi connectivity index (χ4v) is 2.06. The van der Waals surface area contributed by atoms with Gasteiger partial charge in [-0.2, -0.15) is 0 Å². The summed E-state index contributed by atoms with van der Waals surface area (Å²) in [4.78, 5) is 34.5. The molecule has 0 spiro atoms. The van der Waals surface area contributed by atoms with Crippen molar-refractivity contribution in [2.24, 2.45) is 11.5 Å². The van der Waals surface area contributed by atoms with Crippen LogP contribution in [0.3, 0.4) is 0 Å². The van der Waals surface area contributed by atoms with Crippen LogP contribution in [0.2, 0.25) is 0 Å². The van der Waals surface area contributed by atoms with Crippen molar-refractivity contribution in [2.45, 2.75) is 0 Å². The highest BCUT2D eigenvalue weighted by Crippen LogP contribution is 2.20. The van der Waals surface area contributed by atoms with Crippen molar-refractivity contribution in [3.05, 3.63) is 51.9 Å². The SMILES string of the molecule is NC(=O)c1cc(NC(=O)c2ccoc2Br)cc(C(N)=O)c1. The summed E-state index contributed by atoms with van der Waals surface area (Å²) in [5, 5.41) is 2.53. The number of carbonyl (C=O) groups excluding carboxylic acids is 3. The highest BCUT2D eigenvalue weighted by molar-refractivity contribution is 9.10. The molecule has 1 heterocycles. The molecule has 0 aliphatic heterocycles. The van der Waals surface area contributed by atoms with Gasteiger partial charge in [0.2, 0.25) is 11.8 Å². The Labute approximate surface area is 127 Å². The third-order valence-electron chi connectivity index (χ3n) is 2.62. The molecule has 21 heavy (non-hydrogen) atoms. The number of nitrogens with two attached hydrogens (primary N) is 2. The van der Waals surface area contributed by atoms with Gasteiger partial charge in [-0.15, -0.1) is 0 Å². The molecule has 0 fully saturated rings. The zero-order valence-corrected chi connectivity index (χ0v) is 12.1. The molecular formula is C13H10BrN3O4. The molecule has 0 radical (unpaired) electrons. The molecular weight excluding hydrogens is 342 g/mol. The summed E-state index contributed by atoms with van der Waals surface area (Å²) in [5.74, 6) is -1.95. The van der Waals surface area contributed by atoms with Crippen molar-refractivity contribution in [1.82, 2.24) is 0 Å². The van der Waals surface area contributed by atoms with E-state index in [9.17, 15) is 14.4 Å². The Morgan fingerprint density at radius 3 is 2.05 bits per heavy atom. The van der Waals surface area contributed by atoms with Crippen LogP contribution in [0.1, 0.15) is 31.1 Å². The summed E-state index contributed by atoms with van der Waals surface area (Å²) in [6.07, 6.45) is 1.34. The van der Waals surface area contributed by atoms with Crippen LogP contribution in [0.15, 0.2) is 39.6 Å². The van der Waals surface area contributed by atoms with Crippen molar-refractivity contribution in [3.63, 3.8) is 0 Å². The van der Waals surface area contributed by atoms with Crippen LogP contribution in [-0.2, 0) is 0 Å². The topological polar surface area (TPSA) is 128 Å². The van der Waals surface area contributed by atoms with Gasteiger partial charge in [0.1, 0.15) is 0 Å². The van der Waals surface area contributed by atoms with Gasteiger partial charge in [0.05, 0.1) is 11.8 Å². The lowest BCUT2D eigenvalue weighted by atomic mass is 10.1. The Hall–Kier alpha value is -2.61. The molecule has 7 nitrogen and oxygen atoms in total. The molecule has 0 atom stereocenters. The third-order valence-corrected chi connectivity index (χ3v) is 3.24. The summed E-state index contributed by atoms with van der Waals surface area (Å²) < 4.78 is 5.22. The molecule has 0 bridgehead atoms. The number of carbonyl (C=O) groups is 3. The molecule has 0 saturated heterocycles. The Morgan fingerprint density at radius 1 is 1.05 bits per heavy atom. The highest BCUT2D eigenvalue weighted by Gasteiger charge is 2.15. The lowest BCUT2D eigenvalue weighted by Gasteiger charge is -2.07. The second kappa shape index (κ2) is 5.80. The van der Waals surface area contributed by atoms with Gasteiger partial charge in [-0.3, -0.25) is 14.4 Å². The highest BCUT2D eigenvalue weighted by atomic mass is 79.9. The van der Waals surface area contributed by atoms with Gasteiger partial charge >= 0.3 is 0 Å². The van der Waals surface area contributed by atoms with Gasteiger partial charge in [0, 0.05) is 16.8 Å². The van der Waals surface area contributed by atoms with E-state index in [1.54, 1.807) is 0 Å². The zero-order valence-electron chi connectivity index (χ0n) is 10.6. The molecule has 2 rings (SSSR count). The van der Waals surface area contributed by atoms with Crippen molar-refractivity contribution < 1.29 is 18.8 Å². The molecule has 0 aliphatic rings. The first-order valence-electron chi connectivity index (χ1n) is 5.67. The Kier molecular flexibility index (Phi) is 4.08. The predicted molar refractivity (Wildman–Crippen MR) is 77.8 cm³/mol. The van der Waals surface area contributed by atoms with Crippen LogP contribution < -0.4 is 16.8 Å². The van der Waals surface area contributed by atoms with E-state index in [-0.39, 0.29) is 27.0 Å². The first-order chi connectivity index (χ1) is 9.88. The lowest BCUT2D eigenvalue weighted by Crippen LogP contribution is -2.18. The number of hydrogen-bond donors (Lipinski definition) is 3. The van der Waals surface area contributed by atoms with Crippen LogP contribution in [0, 0.1) is 0 Å². The van der Waals surface area contributed by atoms with E-state index >= 15 is 0 Å². The smallest absolute Gasteiger partial charge is 0.260 e. The van der Waals surface area contributed by atoms with E-state index in [0.717, 1.165) is 0 Å². The first-order valence-corrected chi connectivity index (χ1v) is 6.47. The van der Waals surface area contributed by atoms with E-state index < -0.39 is 17.7 Å². The summed E-state index contributed by atoms with van der Waals surface area (Å²) in [5.41, 5.74) is 11.0. The number of benzene rings is 1. The maximum atomic E-state index is 12.0. The van der Waals surface area contributed by atoms with E-state index in [1.165, 1.54) is 30.5 Å². The molecule has 108 valence electrons. The van der Waals surface area contributed by atoms with Gasteiger partial charge < -0.3 is 21.2 Å². The lowest BCUT2D eigenvalue weighted by molar-refractivity contribution is 0.0993. The second-order valence-electron chi connectivity index (χ2n) is 4.09. The molecule has 1 aromatic carbocycles. The molecule has 8 heteroatoms. The monoisotopic (exact) mass is 351 g/mol. The number of rotatable bonds is 4. The quantitative estimate of drug-likeness (QED) is 0.770. The average Bonchev–Trinajstić information content (AvgIpc) is 2.84. The van der Waals surface area contributed by atoms with E-state index in [2.05, 4.69) is 21.2 Å². The van der Waals surface area contributed by atoms with Crippen molar-refractivity contribution in [2.75, 3.05) is 5.32 Å². The molecule has 0 aliphatic carbocycles. The van der Waals surface area contributed by atoms with Gasteiger partial charge in [0.15, 0.2) is 4.67 Å². The predicted octanol–water partition coefficient (Wildman–Crippen LogP) is 1.49. The summed E-state index contributed by atoms with van der Waals surface area (Å²) >= 11 is 3.08. The molecule has 0 unspecified atom stereocenters. The second-order valence-corrected chi connectivity index (χ2v) is 4.81. The van der Waals surface area contributed by atoms with Crippen LogP contribution in [0.25, 0.3) is 0 Å². The van der Waals surface area contributed by atoms with Crippen molar-refractivity contribution in [1.29, 1.82) is 0 Å². The molecule has 0 saturated carbocycles. The minimum Gasteiger partial charge on any atom is -0.457 e. The van der Waals surface area contributed by atoms with E-state index in [1.807, 2.05) is 0 Å². The Morgan fingerprint density at radius 2 is 1.62 bits per heavy atom. The Bertz CT molecular complexity index is 707. The number of primary amides is 2. The maximum absolute atomic E-state index is 12.0. The average molecular weight is 352 g/mol. The fraction of sp³-hybridized carbons (Fsp3) is 0. The molecule has 3 amide bonds. The molecule has 1 aromatic heterocycles. The van der Waals surface area contributed by atoms with Crippen molar-refractivity contribution in [3.8, 4) is 0 Å². The largest absolute Gasteiger partial charge is 0.457 e. The zero-order chi connectivity index (χ0) is 15.6. The number of halogens is 1. The minimum atomic E-state index is -0.738. The van der Waals surface area contributed by atoms with Gasteiger partial charge in [-0.25, -0.2) is 0 Å². The van der Waals surface area contributed by atoms with Crippen LogP contribution in [-0.4, -0.2) is 17.7 Å². The van der Waals surface area contributed by atoms with Crippen LogP contribution >= 0.6 is 15.9 Å². The normalized spacial score (nSPS) is 10.1. The first kappa shape index (κ1) is 14.8. The van der Waals surface area contributed by atoms with Gasteiger partial charge in [0.25, 0.3) is 5.91 Å². The number of furan rings is 1. The maximum Gasteiger partial charge on any atom is 0.260 e. The van der Waals surface area contributed by atoms with E-state index in [4.69, 9.17) is 15.9 Å². The number of nitrogens with one attached hydrogen (secondary N) is 1. The standard InChI is InChI=1S/C13H10BrN3O4/c14-10-9(1-2-21-10)13(20)17-8-4-6(11(15)18)3-7(5-8)12(16)19/h1-5H,(H2,15,18)(H2,16,19)(H,17,20). The van der Waals surface area contributed by atoms with Gasteiger partial charge in [-0.1, -0.05) is 0 Å². The summed E-state index contributed by atoms with van der Waals surface area (Å²) in [7, 11) is 0. The third kappa shape index (κ3) is 3.29. The molecule has 2 aromatic rings. The van der Waals surface area contributed by atoms with Crippen LogP contribution in [0.5, 0.6) is 0 Å². The van der Waals surface area contributed by atoms with Gasteiger partial charge in [-0.05, 0) is 40.2 Å². The molecule has 5 N–H and O–H groups in total. The summed E-state index contributed by atoms with van der Waals surface area (Å²) in [6, 6.07) is 5.42. The van der Waals surface area contributed by atoms with E-state index in [0.29, 0.717) is 0 Å². The minimum absolute atomic E-state index is 0.0628. The number of amides is 3. The summed E-state index contributed by atoms with van der Waals surface area (Å²) in [6.45, 7) is 0. The number of anilines is 1. The number of hydrogen-bond acceptors (Lipinski definition) is 4. The van der Waals surface area contributed by atoms with Crippen molar-refractivity contribution >= 4 is 39.3 Å². The van der Waals surface area contributed by atoms with Crippen LogP contribution in [0.4, 0.5) is 5.69 Å². The fourth-order valence-electron chi connectivity index (χ4n) is 1.64. The Balaban J connectivity index is 2.35.